The van der Waals surface area contributed by atoms with Crippen LogP contribution >= 0.6 is 11.3 Å². The maximum atomic E-state index is 12.3. The molecule has 0 spiro atoms. The third-order valence-electron chi connectivity index (χ3n) is 4.23. The molecule has 0 unspecified atom stereocenters. The summed E-state index contributed by atoms with van der Waals surface area (Å²) in [5, 5.41) is 5.72. The van der Waals surface area contributed by atoms with Gasteiger partial charge < -0.3 is 5.32 Å². The normalized spacial score (nSPS) is 12.2. The molecule has 1 atom stereocenters. The number of hydrogen-bond acceptors (Lipinski definition) is 5. The lowest BCUT2D eigenvalue weighted by atomic mass is 10.0. The van der Waals surface area contributed by atoms with Crippen molar-refractivity contribution in [2.24, 2.45) is 0 Å². The number of nitrogens with one attached hydrogen (secondary N) is 2. The molecule has 156 valence electrons. The molecule has 9 heteroatoms. The first-order chi connectivity index (χ1) is 14.2. The predicted octanol–water partition coefficient (Wildman–Crippen LogP) is 4.00. The van der Waals surface area contributed by atoms with Gasteiger partial charge in [-0.05, 0) is 31.0 Å². The number of carbonyl (C=O) groups excluding carboxylic acids is 1. The standard InChI is InChI=1S/C21H21N3O4S2/c1-14(2)20(25)22-18(12-15-8-10-17(11-9-15)24-30(26,27)28)19-13-29-21(23-19)16-6-4-3-5-7-16/h3-11,13,18,24H,1,12H2,2H3,(H,22,25)(H,26,27,28)/t18-/m0/s1. The molecule has 0 saturated heterocycles. The van der Waals surface area contributed by atoms with Gasteiger partial charge in [-0.1, -0.05) is 49.0 Å². The number of nitrogens with zero attached hydrogens (tertiary/aromatic N) is 1. The first-order valence-electron chi connectivity index (χ1n) is 9.02. The summed E-state index contributed by atoms with van der Waals surface area (Å²) in [6.07, 6.45) is 0.448. The molecule has 2 aromatic carbocycles. The average Bonchev–Trinajstić information content (AvgIpc) is 3.18. The highest BCUT2D eigenvalue weighted by atomic mass is 32.2. The Morgan fingerprint density at radius 1 is 1.17 bits per heavy atom. The van der Waals surface area contributed by atoms with Gasteiger partial charge in [0.15, 0.2) is 0 Å². The zero-order chi connectivity index (χ0) is 21.7. The van der Waals surface area contributed by atoms with E-state index < -0.39 is 10.3 Å². The molecule has 7 nitrogen and oxygen atoms in total. The Balaban J connectivity index is 1.83. The molecule has 1 aromatic heterocycles. The van der Waals surface area contributed by atoms with E-state index in [0.29, 0.717) is 12.0 Å². The fourth-order valence-corrected chi connectivity index (χ4v) is 4.08. The molecule has 0 aliphatic carbocycles. The van der Waals surface area contributed by atoms with Crippen LogP contribution in [0.1, 0.15) is 24.2 Å². The van der Waals surface area contributed by atoms with Gasteiger partial charge in [0.05, 0.1) is 17.4 Å². The van der Waals surface area contributed by atoms with Crippen LogP contribution in [0.25, 0.3) is 10.6 Å². The Morgan fingerprint density at radius 3 is 2.43 bits per heavy atom. The van der Waals surface area contributed by atoms with Gasteiger partial charge in [-0.2, -0.15) is 8.42 Å². The molecule has 30 heavy (non-hydrogen) atoms. The highest BCUT2D eigenvalue weighted by molar-refractivity contribution is 7.87. The van der Waals surface area contributed by atoms with Crippen LogP contribution in [0.2, 0.25) is 0 Å². The van der Waals surface area contributed by atoms with E-state index in [1.807, 2.05) is 40.4 Å². The second kappa shape index (κ2) is 9.21. The molecule has 0 saturated carbocycles. The number of carbonyl (C=O) groups is 1. The average molecular weight is 444 g/mol. The maximum Gasteiger partial charge on any atom is 0.357 e. The molecule has 1 heterocycles. The van der Waals surface area contributed by atoms with Crippen molar-refractivity contribution >= 4 is 33.2 Å². The van der Waals surface area contributed by atoms with Crippen LogP contribution in [-0.4, -0.2) is 23.9 Å². The molecular weight excluding hydrogens is 422 g/mol. The molecule has 0 fully saturated rings. The second-order valence-electron chi connectivity index (χ2n) is 6.73. The van der Waals surface area contributed by atoms with Gasteiger partial charge >= 0.3 is 10.3 Å². The summed E-state index contributed by atoms with van der Waals surface area (Å²) in [5.41, 5.74) is 3.22. The summed E-state index contributed by atoms with van der Waals surface area (Å²) in [6, 6.07) is 15.9. The van der Waals surface area contributed by atoms with Gasteiger partial charge in [0.2, 0.25) is 5.91 Å². The van der Waals surface area contributed by atoms with Crippen LogP contribution in [0.4, 0.5) is 5.69 Å². The monoisotopic (exact) mass is 443 g/mol. The van der Waals surface area contributed by atoms with E-state index in [1.165, 1.54) is 23.5 Å². The summed E-state index contributed by atoms with van der Waals surface area (Å²) in [4.78, 5) is 17.0. The van der Waals surface area contributed by atoms with Crippen molar-refractivity contribution in [1.82, 2.24) is 10.3 Å². The number of thiazole rings is 1. The van der Waals surface area contributed by atoms with Gasteiger partial charge in [-0.3, -0.25) is 14.1 Å². The van der Waals surface area contributed by atoms with Crippen molar-refractivity contribution in [3.63, 3.8) is 0 Å². The molecule has 0 aliphatic heterocycles. The van der Waals surface area contributed by atoms with Crippen molar-refractivity contribution in [3.8, 4) is 10.6 Å². The minimum Gasteiger partial charge on any atom is -0.344 e. The number of rotatable bonds is 8. The van der Waals surface area contributed by atoms with E-state index >= 15 is 0 Å². The minimum atomic E-state index is -4.33. The third kappa shape index (κ3) is 5.99. The lowest BCUT2D eigenvalue weighted by molar-refractivity contribution is -0.118. The molecule has 0 radical (unpaired) electrons. The smallest absolute Gasteiger partial charge is 0.344 e. The van der Waals surface area contributed by atoms with Crippen LogP contribution in [0.5, 0.6) is 0 Å². The largest absolute Gasteiger partial charge is 0.357 e. The quantitative estimate of drug-likeness (QED) is 0.360. The summed E-state index contributed by atoms with van der Waals surface area (Å²) in [6.45, 7) is 5.33. The van der Waals surface area contributed by atoms with Crippen molar-refractivity contribution in [2.75, 3.05) is 4.72 Å². The SMILES string of the molecule is C=C(C)C(=O)N[C@@H](Cc1ccc(NS(=O)(=O)O)cc1)c1csc(-c2ccccc2)n1. The van der Waals surface area contributed by atoms with Crippen LogP contribution in [-0.2, 0) is 21.5 Å². The Labute approximate surface area is 179 Å². The van der Waals surface area contributed by atoms with E-state index in [1.54, 1.807) is 19.1 Å². The van der Waals surface area contributed by atoms with Gasteiger partial charge in [0, 0.05) is 16.5 Å². The predicted molar refractivity (Wildman–Crippen MR) is 119 cm³/mol. The molecular formula is C21H21N3O4S2. The first kappa shape index (κ1) is 21.7. The molecule has 0 aliphatic rings. The number of amides is 1. The zero-order valence-corrected chi connectivity index (χ0v) is 17.8. The van der Waals surface area contributed by atoms with Gasteiger partial charge in [0.25, 0.3) is 0 Å². The Hall–Kier alpha value is -3.01. The fourth-order valence-electron chi connectivity index (χ4n) is 2.76. The van der Waals surface area contributed by atoms with Crippen LogP contribution in [0, 0.1) is 0 Å². The zero-order valence-electron chi connectivity index (χ0n) is 16.2. The summed E-state index contributed by atoms with van der Waals surface area (Å²) in [7, 11) is -4.33. The highest BCUT2D eigenvalue weighted by Crippen LogP contribution is 2.28. The van der Waals surface area contributed by atoms with Gasteiger partial charge in [0.1, 0.15) is 5.01 Å². The molecule has 3 aromatic rings. The summed E-state index contributed by atoms with van der Waals surface area (Å²) < 4.78 is 32.7. The van der Waals surface area contributed by atoms with E-state index in [-0.39, 0.29) is 17.6 Å². The summed E-state index contributed by atoms with van der Waals surface area (Å²) >= 11 is 1.50. The fraction of sp³-hybridized carbons (Fsp3) is 0.143. The van der Waals surface area contributed by atoms with E-state index in [2.05, 4.69) is 11.9 Å². The molecule has 3 N–H and O–H groups in total. The van der Waals surface area contributed by atoms with Crippen molar-refractivity contribution in [1.29, 1.82) is 0 Å². The summed E-state index contributed by atoms with van der Waals surface area (Å²) in [5.74, 6) is -0.265. The van der Waals surface area contributed by atoms with Gasteiger partial charge in [-0.15, -0.1) is 11.3 Å². The molecule has 3 rings (SSSR count). The maximum absolute atomic E-state index is 12.3. The van der Waals surface area contributed by atoms with Crippen LogP contribution < -0.4 is 10.0 Å². The van der Waals surface area contributed by atoms with Crippen LogP contribution in [0.3, 0.4) is 0 Å². The molecule has 1 amide bonds. The highest BCUT2D eigenvalue weighted by Gasteiger charge is 2.19. The number of anilines is 1. The number of benzene rings is 2. The van der Waals surface area contributed by atoms with Crippen LogP contribution in [0.15, 0.2) is 72.1 Å². The van der Waals surface area contributed by atoms with Crippen molar-refractivity contribution in [3.05, 3.63) is 83.4 Å². The third-order valence-corrected chi connectivity index (χ3v) is 5.64. The lowest BCUT2D eigenvalue weighted by Gasteiger charge is -2.17. The Bertz CT molecular complexity index is 1140. The number of aromatic nitrogens is 1. The Morgan fingerprint density at radius 2 is 1.83 bits per heavy atom. The topological polar surface area (TPSA) is 108 Å². The van der Waals surface area contributed by atoms with Crippen molar-refractivity contribution in [2.45, 2.75) is 19.4 Å². The number of hydrogen-bond donors (Lipinski definition) is 3. The molecule has 0 bridgehead atoms. The van der Waals surface area contributed by atoms with E-state index in [4.69, 9.17) is 9.54 Å². The van der Waals surface area contributed by atoms with Crippen molar-refractivity contribution < 1.29 is 17.8 Å². The van der Waals surface area contributed by atoms with Gasteiger partial charge in [-0.25, -0.2) is 4.98 Å². The van der Waals surface area contributed by atoms with E-state index in [0.717, 1.165) is 21.8 Å². The Kier molecular flexibility index (Phi) is 6.66. The minimum absolute atomic E-state index is 0.240. The lowest BCUT2D eigenvalue weighted by Crippen LogP contribution is -2.30. The second-order valence-corrected chi connectivity index (χ2v) is 8.74. The first-order valence-corrected chi connectivity index (χ1v) is 11.3. The van der Waals surface area contributed by atoms with E-state index in [9.17, 15) is 13.2 Å².